The molecule has 1 atom stereocenters. The Labute approximate surface area is 104 Å². The monoisotopic (exact) mass is 230 g/mol. The second-order valence-electron chi connectivity index (χ2n) is 4.78. The lowest BCUT2D eigenvalue weighted by atomic mass is 9.94. The Bertz CT molecular complexity index is 396. The van der Waals surface area contributed by atoms with Crippen LogP contribution in [-0.2, 0) is 0 Å². The van der Waals surface area contributed by atoms with Crippen LogP contribution in [-0.4, -0.2) is 12.0 Å². The number of aryl methyl sites for hydroxylation is 1. The molecule has 0 aromatic carbocycles. The molecule has 0 saturated heterocycles. The van der Waals surface area contributed by atoms with Gasteiger partial charge in [0.25, 0.3) is 0 Å². The van der Waals surface area contributed by atoms with Gasteiger partial charge in [0.15, 0.2) is 0 Å². The second-order valence-corrected chi connectivity index (χ2v) is 4.78. The molecule has 0 fully saturated rings. The van der Waals surface area contributed by atoms with Gasteiger partial charge in [-0.25, -0.2) is 0 Å². The highest BCUT2D eigenvalue weighted by Gasteiger charge is 2.17. The first kappa shape index (κ1) is 12.3. The number of allylic oxidation sites excluding steroid dienone is 1. The van der Waals surface area contributed by atoms with Crippen LogP contribution in [0, 0.1) is 6.92 Å². The number of aromatic nitrogens is 1. The summed E-state index contributed by atoms with van der Waals surface area (Å²) in [5.74, 6) is 0. The summed E-state index contributed by atoms with van der Waals surface area (Å²) >= 11 is 0. The first-order valence-electron chi connectivity index (χ1n) is 6.60. The van der Waals surface area contributed by atoms with E-state index in [4.69, 9.17) is 0 Å². The molecule has 17 heavy (non-hydrogen) atoms. The third-order valence-electron chi connectivity index (χ3n) is 3.59. The largest absolute Gasteiger partial charge is 0.310 e. The topological polar surface area (TPSA) is 24.9 Å². The average Bonchev–Trinajstić information content (AvgIpc) is 2.62. The first-order chi connectivity index (χ1) is 8.33. The fraction of sp³-hybridized carbons (Fsp3) is 0.533. The van der Waals surface area contributed by atoms with E-state index in [1.165, 1.54) is 37.7 Å². The summed E-state index contributed by atoms with van der Waals surface area (Å²) < 4.78 is 0. The quantitative estimate of drug-likeness (QED) is 0.803. The Hall–Kier alpha value is -1.15. The molecule has 1 aliphatic carbocycles. The molecule has 0 bridgehead atoms. The van der Waals surface area contributed by atoms with Gasteiger partial charge < -0.3 is 5.32 Å². The summed E-state index contributed by atoms with van der Waals surface area (Å²) in [4.78, 5) is 4.40. The molecule has 92 valence electrons. The van der Waals surface area contributed by atoms with E-state index in [0.717, 1.165) is 5.69 Å². The van der Waals surface area contributed by atoms with E-state index in [1.54, 1.807) is 5.57 Å². The maximum absolute atomic E-state index is 4.40. The number of pyridine rings is 1. The van der Waals surface area contributed by atoms with Gasteiger partial charge in [0.2, 0.25) is 0 Å². The highest BCUT2D eigenvalue weighted by molar-refractivity contribution is 5.31. The van der Waals surface area contributed by atoms with Crippen molar-refractivity contribution in [3.63, 3.8) is 0 Å². The van der Waals surface area contributed by atoms with E-state index >= 15 is 0 Å². The van der Waals surface area contributed by atoms with Crippen LogP contribution in [0.1, 0.15) is 49.4 Å². The van der Waals surface area contributed by atoms with E-state index in [-0.39, 0.29) is 0 Å². The summed E-state index contributed by atoms with van der Waals surface area (Å²) in [6, 6.07) is 4.57. The summed E-state index contributed by atoms with van der Waals surface area (Å²) in [5, 5.41) is 3.45. The fourth-order valence-electron chi connectivity index (χ4n) is 2.64. The average molecular weight is 230 g/mol. The lowest BCUT2D eigenvalue weighted by Crippen LogP contribution is -2.20. The summed E-state index contributed by atoms with van der Waals surface area (Å²) in [6.07, 6.45) is 10.8. The molecule has 0 saturated carbocycles. The Balaban J connectivity index is 2.26. The van der Waals surface area contributed by atoms with Gasteiger partial charge in [0, 0.05) is 11.9 Å². The van der Waals surface area contributed by atoms with Crippen molar-refractivity contribution in [3.8, 4) is 0 Å². The van der Waals surface area contributed by atoms with E-state index in [1.807, 2.05) is 19.3 Å². The van der Waals surface area contributed by atoms with Crippen molar-refractivity contribution in [2.45, 2.75) is 45.1 Å². The molecule has 1 aromatic rings. The lowest BCUT2D eigenvalue weighted by Gasteiger charge is -2.21. The second kappa shape index (κ2) is 5.97. The molecular formula is C15H22N2. The smallest absolute Gasteiger partial charge is 0.0551 e. The Morgan fingerprint density at radius 3 is 2.94 bits per heavy atom. The van der Waals surface area contributed by atoms with Gasteiger partial charge in [0.05, 0.1) is 6.04 Å². The Kier molecular flexibility index (Phi) is 4.32. The van der Waals surface area contributed by atoms with Crippen molar-refractivity contribution < 1.29 is 0 Å². The van der Waals surface area contributed by atoms with E-state index in [2.05, 4.69) is 29.4 Å². The fourth-order valence-corrected chi connectivity index (χ4v) is 2.64. The molecule has 0 spiro atoms. The summed E-state index contributed by atoms with van der Waals surface area (Å²) in [6.45, 7) is 2.09. The normalized spacial score (nSPS) is 18.4. The predicted octanol–water partition coefficient (Wildman–Crippen LogP) is 3.54. The molecular weight excluding hydrogens is 208 g/mol. The highest BCUT2D eigenvalue weighted by Crippen LogP contribution is 2.29. The Morgan fingerprint density at radius 2 is 2.18 bits per heavy atom. The maximum Gasteiger partial charge on any atom is 0.0551 e. The standard InChI is InChI=1S/C15H22N2/c1-12-14(10-7-11-17-12)15(16-2)13-8-5-3-4-6-9-13/h7-8,10-11,15-16H,3-6,9H2,1-2H3. The van der Waals surface area contributed by atoms with Crippen molar-refractivity contribution in [2.24, 2.45) is 0 Å². The van der Waals surface area contributed by atoms with Crippen molar-refractivity contribution in [1.82, 2.24) is 10.3 Å². The van der Waals surface area contributed by atoms with Crippen molar-refractivity contribution in [2.75, 3.05) is 7.05 Å². The molecule has 1 N–H and O–H groups in total. The molecule has 1 unspecified atom stereocenters. The number of likely N-dealkylation sites (N-methyl/N-ethyl adjacent to an activating group) is 1. The van der Waals surface area contributed by atoms with Crippen LogP contribution < -0.4 is 5.32 Å². The highest BCUT2D eigenvalue weighted by atomic mass is 14.9. The van der Waals surface area contributed by atoms with Gasteiger partial charge in [-0.3, -0.25) is 4.98 Å². The first-order valence-corrected chi connectivity index (χ1v) is 6.60. The molecule has 0 aliphatic heterocycles. The maximum atomic E-state index is 4.40. The van der Waals surface area contributed by atoms with Crippen LogP contribution in [0.2, 0.25) is 0 Å². The van der Waals surface area contributed by atoms with Gasteiger partial charge in [0.1, 0.15) is 0 Å². The third kappa shape index (κ3) is 2.95. The molecule has 0 radical (unpaired) electrons. The van der Waals surface area contributed by atoms with Gasteiger partial charge in [-0.05, 0) is 51.3 Å². The van der Waals surface area contributed by atoms with Crippen LogP contribution in [0.15, 0.2) is 30.0 Å². The Morgan fingerprint density at radius 1 is 1.29 bits per heavy atom. The zero-order chi connectivity index (χ0) is 12.1. The molecule has 2 nitrogen and oxygen atoms in total. The number of nitrogens with one attached hydrogen (secondary N) is 1. The lowest BCUT2D eigenvalue weighted by molar-refractivity contribution is 0.623. The zero-order valence-electron chi connectivity index (χ0n) is 10.9. The molecule has 0 amide bonds. The van der Waals surface area contributed by atoms with Crippen molar-refractivity contribution in [3.05, 3.63) is 41.2 Å². The minimum absolute atomic E-state index is 0.349. The van der Waals surface area contributed by atoms with Crippen LogP contribution in [0.5, 0.6) is 0 Å². The number of hydrogen-bond donors (Lipinski definition) is 1. The summed E-state index contributed by atoms with van der Waals surface area (Å²) in [5.41, 5.74) is 4.00. The molecule has 2 rings (SSSR count). The van der Waals surface area contributed by atoms with Crippen molar-refractivity contribution in [1.29, 1.82) is 0 Å². The van der Waals surface area contributed by atoms with Crippen LogP contribution in [0.3, 0.4) is 0 Å². The minimum atomic E-state index is 0.349. The van der Waals surface area contributed by atoms with Gasteiger partial charge in [-0.2, -0.15) is 0 Å². The van der Waals surface area contributed by atoms with E-state index in [9.17, 15) is 0 Å². The van der Waals surface area contributed by atoms with Crippen molar-refractivity contribution >= 4 is 0 Å². The van der Waals surface area contributed by atoms with Gasteiger partial charge in [-0.15, -0.1) is 0 Å². The minimum Gasteiger partial charge on any atom is -0.310 e. The zero-order valence-corrected chi connectivity index (χ0v) is 10.9. The number of rotatable bonds is 3. The van der Waals surface area contributed by atoms with Gasteiger partial charge in [-0.1, -0.05) is 24.1 Å². The van der Waals surface area contributed by atoms with Crippen LogP contribution in [0.4, 0.5) is 0 Å². The molecule has 1 heterocycles. The predicted molar refractivity (Wildman–Crippen MR) is 71.9 cm³/mol. The SMILES string of the molecule is CNC(C1=CCCCCC1)c1cccnc1C. The van der Waals surface area contributed by atoms with E-state index in [0.29, 0.717) is 6.04 Å². The van der Waals surface area contributed by atoms with Crippen LogP contribution >= 0.6 is 0 Å². The number of nitrogens with zero attached hydrogens (tertiary/aromatic N) is 1. The number of hydrogen-bond acceptors (Lipinski definition) is 2. The van der Waals surface area contributed by atoms with E-state index < -0.39 is 0 Å². The molecule has 2 heteroatoms. The summed E-state index contributed by atoms with van der Waals surface area (Å²) in [7, 11) is 2.04. The van der Waals surface area contributed by atoms with Gasteiger partial charge >= 0.3 is 0 Å². The van der Waals surface area contributed by atoms with Crippen LogP contribution in [0.25, 0.3) is 0 Å². The molecule has 1 aromatic heterocycles. The third-order valence-corrected chi connectivity index (χ3v) is 3.59. The molecule has 1 aliphatic rings.